The van der Waals surface area contributed by atoms with Gasteiger partial charge in [0.2, 0.25) is 0 Å². The van der Waals surface area contributed by atoms with Crippen LogP contribution in [0.5, 0.6) is 5.75 Å². The van der Waals surface area contributed by atoms with Crippen LogP contribution >= 0.6 is 0 Å². The first kappa shape index (κ1) is 14.1. The van der Waals surface area contributed by atoms with Crippen molar-refractivity contribution < 1.29 is 9.84 Å². The Labute approximate surface area is 125 Å². The van der Waals surface area contributed by atoms with Crippen molar-refractivity contribution in [2.75, 3.05) is 0 Å². The number of rotatable bonds is 3. The van der Waals surface area contributed by atoms with Crippen molar-refractivity contribution in [1.29, 1.82) is 0 Å². The third-order valence-electron chi connectivity index (χ3n) is 4.03. The number of pyridine rings is 1. The zero-order chi connectivity index (χ0) is 14.5. The number of phenols is 1. The summed E-state index contributed by atoms with van der Waals surface area (Å²) in [6, 6.07) is 7.52. The summed E-state index contributed by atoms with van der Waals surface area (Å²) in [5.74, 6) is 0.227. The molecule has 0 amide bonds. The molecule has 0 aliphatic heterocycles. The Morgan fingerprint density at radius 1 is 1.14 bits per heavy atom. The van der Waals surface area contributed by atoms with Gasteiger partial charge >= 0.3 is 0 Å². The molecule has 0 saturated heterocycles. The number of aromatic hydroxyl groups is 1. The minimum absolute atomic E-state index is 0.227. The number of nitrogens with zero attached hydrogens (tertiary/aromatic N) is 1. The molecule has 1 aromatic heterocycles. The number of aromatic nitrogens is 1. The van der Waals surface area contributed by atoms with Crippen molar-refractivity contribution in [2.24, 2.45) is 0 Å². The second kappa shape index (κ2) is 6.72. The lowest BCUT2D eigenvalue weighted by Crippen LogP contribution is -2.13. The van der Waals surface area contributed by atoms with E-state index in [9.17, 15) is 5.11 Å². The molecule has 1 aromatic carbocycles. The lowest BCUT2D eigenvalue weighted by Gasteiger charge is -2.19. The molecule has 3 rings (SSSR count). The van der Waals surface area contributed by atoms with Crippen molar-refractivity contribution in [3.05, 3.63) is 48.2 Å². The van der Waals surface area contributed by atoms with E-state index in [1.807, 2.05) is 18.2 Å². The molecule has 1 N–H and O–H groups in total. The third kappa shape index (κ3) is 3.42. The molecule has 0 fully saturated rings. The Bertz CT molecular complexity index is 636. The second-order valence-electron chi connectivity index (χ2n) is 5.56. The van der Waals surface area contributed by atoms with Gasteiger partial charge in [-0.1, -0.05) is 24.3 Å². The molecule has 1 unspecified atom stereocenters. The maximum absolute atomic E-state index is 9.87. The predicted molar refractivity (Wildman–Crippen MR) is 84.2 cm³/mol. The highest BCUT2D eigenvalue weighted by molar-refractivity contribution is 5.86. The van der Waals surface area contributed by atoms with Gasteiger partial charge in [0.05, 0.1) is 12.7 Å². The summed E-state index contributed by atoms with van der Waals surface area (Å²) in [7, 11) is 0. The fraction of sp³-hybridized carbons (Fsp3) is 0.389. The van der Waals surface area contributed by atoms with E-state index >= 15 is 0 Å². The van der Waals surface area contributed by atoms with Gasteiger partial charge in [-0.05, 0) is 49.8 Å². The van der Waals surface area contributed by atoms with Crippen molar-refractivity contribution in [1.82, 2.24) is 4.98 Å². The minimum atomic E-state index is 0.227. The van der Waals surface area contributed by atoms with Crippen LogP contribution in [0, 0.1) is 0 Å². The summed E-state index contributed by atoms with van der Waals surface area (Å²) in [4.78, 5) is 4.25. The average molecular weight is 283 g/mol. The Hall–Kier alpha value is -1.87. The number of hydrogen-bond donors (Lipinski definition) is 1. The average Bonchev–Trinajstić information content (AvgIpc) is 2.48. The molecule has 0 saturated carbocycles. The SMILES string of the molecule is Oc1ccc(COC2CC/C=C\CCC2)c2cccnc12. The summed E-state index contributed by atoms with van der Waals surface area (Å²) in [6.07, 6.45) is 12.2. The highest BCUT2D eigenvalue weighted by Gasteiger charge is 2.12. The lowest BCUT2D eigenvalue weighted by molar-refractivity contribution is 0.0289. The fourth-order valence-electron chi connectivity index (χ4n) is 2.84. The standard InChI is InChI=1S/C18H21NO2/c20-17-11-10-14(16-9-6-12-19-18(16)17)13-21-15-7-4-2-1-3-5-8-15/h1-2,6,9-12,15,20H,3-5,7-8,13H2/b2-1-. The van der Waals surface area contributed by atoms with Crippen molar-refractivity contribution in [3.63, 3.8) is 0 Å². The van der Waals surface area contributed by atoms with Crippen molar-refractivity contribution >= 4 is 10.9 Å². The lowest BCUT2D eigenvalue weighted by atomic mass is 10.0. The Balaban J connectivity index is 1.73. The van der Waals surface area contributed by atoms with Crippen LogP contribution in [0.3, 0.4) is 0 Å². The van der Waals surface area contributed by atoms with E-state index in [4.69, 9.17) is 4.74 Å². The first-order valence-corrected chi connectivity index (χ1v) is 7.67. The maximum atomic E-state index is 9.87. The zero-order valence-corrected chi connectivity index (χ0v) is 12.2. The summed E-state index contributed by atoms with van der Waals surface area (Å²) in [5, 5.41) is 10.8. The van der Waals surface area contributed by atoms with Gasteiger partial charge in [-0.25, -0.2) is 0 Å². The predicted octanol–water partition coefficient (Wildman–Crippen LogP) is 4.35. The Morgan fingerprint density at radius 2 is 2.05 bits per heavy atom. The molecule has 1 aliphatic rings. The van der Waals surface area contributed by atoms with Gasteiger partial charge in [0, 0.05) is 11.6 Å². The van der Waals surface area contributed by atoms with Crippen molar-refractivity contribution in [3.8, 4) is 5.75 Å². The van der Waals surface area contributed by atoms with Gasteiger partial charge < -0.3 is 9.84 Å². The van der Waals surface area contributed by atoms with Crippen LogP contribution in [-0.4, -0.2) is 16.2 Å². The van der Waals surface area contributed by atoms with Crippen LogP contribution in [0.4, 0.5) is 0 Å². The van der Waals surface area contributed by atoms with E-state index < -0.39 is 0 Å². The van der Waals surface area contributed by atoms with E-state index in [1.54, 1.807) is 12.3 Å². The molecule has 110 valence electrons. The molecule has 1 atom stereocenters. The molecule has 2 aromatic rings. The topological polar surface area (TPSA) is 42.4 Å². The van der Waals surface area contributed by atoms with Crippen molar-refractivity contribution in [2.45, 2.75) is 44.8 Å². The van der Waals surface area contributed by atoms with E-state index in [1.165, 1.54) is 6.42 Å². The fourth-order valence-corrected chi connectivity index (χ4v) is 2.84. The number of ether oxygens (including phenoxy) is 1. The van der Waals surface area contributed by atoms with E-state index in [0.29, 0.717) is 18.2 Å². The van der Waals surface area contributed by atoms with Crippen LogP contribution in [0.1, 0.15) is 37.7 Å². The van der Waals surface area contributed by atoms with E-state index in [2.05, 4.69) is 17.1 Å². The smallest absolute Gasteiger partial charge is 0.141 e. The molecule has 3 heteroatoms. The minimum Gasteiger partial charge on any atom is -0.506 e. The number of allylic oxidation sites excluding steroid dienone is 2. The second-order valence-corrected chi connectivity index (χ2v) is 5.56. The molecular formula is C18H21NO2. The number of hydrogen-bond acceptors (Lipinski definition) is 3. The van der Waals surface area contributed by atoms with Crippen LogP contribution in [0.25, 0.3) is 10.9 Å². The Kier molecular flexibility index (Phi) is 4.51. The summed E-state index contributed by atoms with van der Waals surface area (Å²) < 4.78 is 6.11. The first-order chi connectivity index (χ1) is 10.3. The van der Waals surface area contributed by atoms with Gasteiger partial charge in [-0.2, -0.15) is 0 Å². The highest BCUT2D eigenvalue weighted by Crippen LogP contribution is 2.27. The van der Waals surface area contributed by atoms with Crippen LogP contribution in [0.15, 0.2) is 42.6 Å². The molecule has 3 nitrogen and oxygen atoms in total. The van der Waals surface area contributed by atoms with Gasteiger partial charge in [0.1, 0.15) is 11.3 Å². The van der Waals surface area contributed by atoms with Crippen LogP contribution < -0.4 is 0 Å². The Morgan fingerprint density at radius 3 is 3.00 bits per heavy atom. The number of phenolic OH excluding ortho intramolecular Hbond substituents is 1. The van der Waals surface area contributed by atoms with Gasteiger partial charge in [0.15, 0.2) is 0 Å². The quantitative estimate of drug-likeness (QED) is 0.852. The molecule has 0 bridgehead atoms. The highest BCUT2D eigenvalue weighted by atomic mass is 16.5. The molecular weight excluding hydrogens is 262 g/mol. The molecule has 1 heterocycles. The molecule has 0 spiro atoms. The third-order valence-corrected chi connectivity index (χ3v) is 4.03. The maximum Gasteiger partial charge on any atom is 0.141 e. The van der Waals surface area contributed by atoms with E-state index in [-0.39, 0.29) is 5.75 Å². The number of fused-ring (bicyclic) bond motifs is 1. The summed E-state index contributed by atoms with van der Waals surface area (Å²) in [6.45, 7) is 0.580. The van der Waals surface area contributed by atoms with Gasteiger partial charge in [0.25, 0.3) is 0 Å². The molecule has 21 heavy (non-hydrogen) atoms. The summed E-state index contributed by atoms with van der Waals surface area (Å²) in [5.41, 5.74) is 1.74. The molecule has 0 radical (unpaired) electrons. The normalized spacial score (nSPS) is 20.9. The van der Waals surface area contributed by atoms with Crippen LogP contribution in [-0.2, 0) is 11.3 Å². The monoisotopic (exact) mass is 283 g/mol. The van der Waals surface area contributed by atoms with Crippen LogP contribution in [0.2, 0.25) is 0 Å². The van der Waals surface area contributed by atoms with Gasteiger partial charge in [-0.15, -0.1) is 0 Å². The van der Waals surface area contributed by atoms with Gasteiger partial charge in [-0.3, -0.25) is 4.98 Å². The van der Waals surface area contributed by atoms with E-state index in [0.717, 1.165) is 36.6 Å². The first-order valence-electron chi connectivity index (χ1n) is 7.67. The largest absolute Gasteiger partial charge is 0.506 e. The zero-order valence-electron chi connectivity index (χ0n) is 12.2. The molecule has 1 aliphatic carbocycles. The summed E-state index contributed by atoms with van der Waals surface area (Å²) >= 11 is 0. The number of benzene rings is 1.